The molecule has 2 rings (SSSR count). The summed E-state index contributed by atoms with van der Waals surface area (Å²) in [5.41, 5.74) is 4.59. The van der Waals surface area contributed by atoms with Crippen LogP contribution in [0.2, 0.25) is 5.02 Å². The third-order valence-corrected chi connectivity index (χ3v) is 6.40. The number of halogens is 1. The van der Waals surface area contributed by atoms with Crippen LogP contribution < -0.4 is 15.9 Å². The molecule has 1 unspecified atom stereocenters. The van der Waals surface area contributed by atoms with Crippen LogP contribution >= 0.6 is 11.6 Å². The fraction of sp³-hybridized carbons (Fsp3) is 0.708. The highest BCUT2D eigenvalue weighted by molar-refractivity contribution is 6.62. The van der Waals surface area contributed by atoms with Gasteiger partial charge in [0.2, 0.25) is 0 Å². The van der Waals surface area contributed by atoms with Gasteiger partial charge in [0.1, 0.15) is 18.0 Å². The number of amides is 1. The summed E-state index contributed by atoms with van der Waals surface area (Å²) >= 11 is 6.51. The Labute approximate surface area is 198 Å². The van der Waals surface area contributed by atoms with Crippen LogP contribution in [-0.2, 0) is 14.0 Å². The molecule has 1 aliphatic rings. The van der Waals surface area contributed by atoms with Gasteiger partial charge < -0.3 is 24.5 Å². The molecule has 0 spiro atoms. The third kappa shape index (κ3) is 7.03. The van der Waals surface area contributed by atoms with Crippen LogP contribution in [0.4, 0.5) is 4.79 Å². The quantitative estimate of drug-likeness (QED) is 0.522. The van der Waals surface area contributed by atoms with E-state index in [1.54, 1.807) is 12.1 Å². The van der Waals surface area contributed by atoms with Gasteiger partial charge >= 0.3 is 13.2 Å². The molecule has 1 fully saturated rings. The molecular formula is C24H39BClNO5. The van der Waals surface area contributed by atoms with E-state index >= 15 is 0 Å². The first-order valence-electron chi connectivity index (χ1n) is 11.2. The summed E-state index contributed by atoms with van der Waals surface area (Å²) in [6.45, 7) is 18.7. The Bertz CT molecular complexity index is 807. The van der Waals surface area contributed by atoms with Crippen LogP contribution in [-0.4, -0.2) is 36.6 Å². The molecule has 1 aliphatic heterocycles. The highest BCUT2D eigenvalue weighted by Crippen LogP contribution is 2.37. The zero-order chi connectivity index (χ0) is 24.5. The number of hydrogen-bond donors (Lipinski definition) is 1. The molecule has 0 saturated carbocycles. The van der Waals surface area contributed by atoms with Crippen molar-refractivity contribution in [3.8, 4) is 5.75 Å². The lowest BCUT2D eigenvalue weighted by Crippen LogP contribution is -2.41. The number of carbonyl (C=O) groups is 1. The maximum Gasteiger partial charge on any atom is 0.494 e. The molecule has 2 N–H and O–H groups in total. The lowest BCUT2D eigenvalue weighted by molar-refractivity contribution is -0.0230. The van der Waals surface area contributed by atoms with E-state index in [4.69, 9.17) is 36.1 Å². The van der Waals surface area contributed by atoms with E-state index in [2.05, 4.69) is 27.7 Å². The van der Waals surface area contributed by atoms with E-state index in [0.29, 0.717) is 23.1 Å². The monoisotopic (exact) mass is 467 g/mol. The summed E-state index contributed by atoms with van der Waals surface area (Å²) in [6, 6.07) is 5.44. The van der Waals surface area contributed by atoms with Crippen molar-refractivity contribution in [3.63, 3.8) is 0 Å². The molecule has 1 aromatic rings. The fourth-order valence-electron chi connectivity index (χ4n) is 4.22. The Morgan fingerprint density at radius 3 is 2.16 bits per heavy atom. The lowest BCUT2D eigenvalue weighted by Gasteiger charge is -2.33. The van der Waals surface area contributed by atoms with Crippen LogP contribution in [0.5, 0.6) is 5.75 Å². The molecule has 1 aromatic carbocycles. The molecule has 0 bridgehead atoms. The van der Waals surface area contributed by atoms with Crippen molar-refractivity contribution in [2.24, 2.45) is 17.1 Å². The van der Waals surface area contributed by atoms with E-state index in [1.807, 2.05) is 40.7 Å². The zero-order valence-electron chi connectivity index (χ0n) is 21.0. The van der Waals surface area contributed by atoms with Crippen LogP contribution in [0.3, 0.4) is 0 Å². The minimum Gasteiger partial charge on any atom is -0.488 e. The highest BCUT2D eigenvalue weighted by Gasteiger charge is 2.51. The first-order valence-corrected chi connectivity index (χ1v) is 11.6. The first kappa shape index (κ1) is 26.8. The molecule has 0 radical (unpaired) electrons. The van der Waals surface area contributed by atoms with E-state index in [9.17, 15) is 4.79 Å². The minimum absolute atomic E-state index is 0.139. The van der Waals surface area contributed by atoms with Crippen molar-refractivity contribution in [3.05, 3.63) is 23.2 Å². The van der Waals surface area contributed by atoms with Crippen LogP contribution in [0.25, 0.3) is 0 Å². The molecule has 2 atom stereocenters. The average Bonchev–Trinajstić information content (AvgIpc) is 2.78. The topological polar surface area (TPSA) is 80.0 Å². The number of hydrogen-bond acceptors (Lipinski definition) is 5. The standard InChI is InChI=1S/C24H39BClNO5/c1-16(13-21(2,3)4)14-24(9,30-20(27)28)15-29-19-11-10-17(12-18(19)26)25-31-22(5,6)23(7,8)32-25/h10-12,16H,13-15H2,1-9H3,(H2,27,28)/t16-,24?/m0/s1. The second kappa shape index (κ2) is 9.44. The Hall–Kier alpha value is -1.44. The highest BCUT2D eigenvalue weighted by atomic mass is 35.5. The van der Waals surface area contributed by atoms with Gasteiger partial charge in [0.05, 0.1) is 16.2 Å². The molecule has 0 aromatic heterocycles. The van der Waals surface area contributed by atoms with Crippen molar-refractivity contribution < 1.29 is 23.6 Å². The average molecular weight is 468 g/mol. The maximum atomic E-state index is 11.5. The number of benzene rings is 1. The normalized spacial score (nSPS) is 20.5. The molecular weight excluding hydrogens is 429 g/mol. The number of rotatable bonds is 8. The predicted molar refractivity (Wildman–Crippen MR) is 130 cm³/mol. The van der Waals surface area contributed by atoms with Crippen molar-refractivity contribution in [1.29, 1.82) is 0 Å². The smallest absolute Gasteiger partial charge is 0.488 e. The molecule has 1 amide bonds. The summed E-state index contributed by atoms with van der Waals surface area (Å²) in [6.07, 6.45) is 0.784. The lowest BCUT2D eigenvalue weighted by atomic mass is 9.79. The van der Waals surface area contributed by atoms with Crippen LogP contribution in [0.15, 0.2) is 18.2 Å². The Morgan fingerprint density at radius 1 is 1.12 bits per heavy atom. The second-order valence-corrected chi connectivity index (χ2v) is 11.9. The van der Waals surface area contributed by atoms with Gasteiger partial charge in [-0.25, -0.2) is 4.79 Å². The number of ether oxygens (including phenoxy) is 2. The minimum atomic E-state index is -0.871. The SMILES string of the molecule is C[C@@H](CC(C)(C)C)CC(C)(COc1ccc(B2OC(C)(C)C(C)(C)O2)cc1Cl)OC(N)=O. The Morgan fingerprint density at radius 2 is 1.69 bits per heavy atom. The molecule has 32 heavy (non-hydrogen) atoms. The van der Waals surface area contributed by atoms with Crippen molar-refractivity contribution in [2.75, 3.05) is 6.61 Å². The maximum absolute atomic E-state index is 11.5. The Kier molecular flexibility index (Phi) is 7.91. The summed E-state index contributed by atoms with van der Waals surface area (Å²) in [7, 11) is -0.506. The van der Waals surface area contributed by atoms with Gasteiger partial charge in [0.25, 0.3) is 0 Å². The molecule has 0 aliphatic carbocycles. The van der Waals surface area contributed by atoms with Gasteiger partial charge in [0, 0.05) is 0 Å². The zero-order valence-corrected chi connectivity index (χ0v) is 21.8. The van der Waals surface area contributed by atoms with Gasteiger partial charge in [-0.05, 0) is 76.4 Å². The van der Waals surface area contributed by atoms with Crippen molar-refractivity contribution in [1.82, 2.24) is 0 Å². The van der Waals surface area contributed by atoms with Crippen molar-refractivity contribution in [2.45, 2.75) is 92.0 Å². The van der Waals surface area contributed by atoms with E-state index < -0.39 is 30.0 Å². The fourth-order valence-corrected chi connectivity index (χ4v) is 4.46. The van der Waals surface area contributed by atoms with Gasteiger partial charge in [-0.15, -0.1) is 0 Å². The first-order chi connectivity index (χ1) is 14.4. The van der Waals surface area contributed by atoms with Crippen LogP contribution in [0.1, 0.15) is 75.2 Å². The van der Waals surface area contributed by atoms with Gasteiger partial charge in [0.15, 0.2) is 0 Å². The predicted octanol–water partition coefficient (Wildman–Crippen LogP) is 5.33. The van der Waals surface area contributed by atoms with Crippen molar-refractivity contribution >= 4 is 30.3 Å². The second-order valence-electron chi connectivity index (χ2n) is 11.5. The largest absolute Gasteiger partial charge is 0.494 e. The number of nitrogens with two attached hydrogens (primary N) is 1. The Balaban J connectivity index is 2.11. The number of primary amides is 1. The van der Waals surface area contributed by atoms with Gasteiger partial charge in [-0.1, -0.05) is 45.4 Å². The summed E-state index contributed by atoms with van der Waals surface area (Å²) in [5, 5.41) is 0.432. The van der Waals surface area contributed by atoms with Gasteiger partial charge in [-0.2, -0.15) is 0 Å². The van der Waals surface area contributed by atoms with E-state index in [-0.39, 0.29) is 12.0 Å². The molecule has 6 nitrogen and oxygen atoms in total. The van der Waals surface area contributed by atoms with Gasteiger partial charge in [-0.3, -0.25) is 0 Å². The van der Waals surface area contributed by atoms with Crippen LogP contribution in [0, 0.1) is 11.3 Å². The van der Waals surface area contributed by atoms with E-state index in [1.165, 1.54) is 0 Å². The molecule has 180 valence electrons. The summed E-state index contributed by atoms with van der Waals surface area (Å²) in [5.74, 6) is 0.805. The molecule has 1 saturated heterocycles. The molecule has 1 heterocycles. The third-order valence-electron chi connectivity index (χ3n) is 6.10. The number of carbonyl (C=O) groups excluding carboxylic acids is 1. The van der Waals surface area contributed by atoms with E-state index in [0.717, 1.165) is 11.9 Å². The summed E-state index contributed by atoms with van der Waals surface area (Å²) < 4.78 is 23.6. The molecule has 8 heteroatoms. The summed E-state index contributed by atoms with van der Waals surface area (Å²) in [4.78, 5) is 11.5.